The van der Waals surface area contributed by atoms with Crippen LogP contribution in [0.3, 0.4) is 0 Å². The number of amides is 2. The number of aromatic nitrogens is 2. The highest BCUT2D eigenvalue weighted by Crippen LogP contribution is 2.21. The van der Waals surface area contributed by atoms with Crippen LogP contribution in [0.4, 0.5) is 5.69 Å². The quantitative estimate of drug-likeness (QED) is 0.602. The van der Waals surface area contributed by atoms with E-state index < -0.39 is 0 Å². The van der Waals surface area contributed by atoms with Crippen LogP contribution in [0.15, 0.2) is 45.5 Å². The van der Waals surface area contributed by atoms with Gasteiger partial charge in [0.25, 0.3) is 5.91 Å². The zero-order chi connectivity index (χ0) is 19.9. The van der Waals surface area contributed by atoms with Gasteiger partial charge in [0.15, 0.2) is 0 Å². The van der Waals surface area contributed by atoms with Crippen molar-refractivity contribution >= 4 is 28.8 Å². The van der Waals surface area contributed by atoms with Crippen molar-refractivity contribution in [2.75, 3.05) is 11.9 Å². The molecule has 7 nitrogen and oxygen atoms in total. The van der Waals surface area contributed by atoms with Gasteiger partial charge in [-0.05, 0) is 29.5 Å². The number of aryl methyl sites for hydroxylation is 1. The zero-order valence-electron chi connectivity index (χ0n) is 15.8. The molecule has 0 radical (unpaired) electrons. The van der Waals surface area contributed by atoms with Crippen LogP contribution in [-0.4, -0.2) is 28.6 Å². The van der Waals surface area contributed by atoms with Gasteiger partial charge in [0.05, 0.1) is 11.3 Å². The second-order valence-corrected chi connectivity index (χ2v) is 7.49. The van der Waals surface area contributed by atoms with E-state index in [4.69, 9.17) is 4.42 Å². The maximum atomic E-state index is 12.4. The fourth-order valence-electron chi connectivity index (χ4n) is 2.47. The molecule has 2 N–H and O–H groups in total. The number of nitrogens with zero attached hydrogens (tertiary/aromatic N) is 2. The largest absolute Gasteiger partial charge is 0.421 e. The Morgan fingerprint density at radius 1 is 1.18 bits per heavy atom. The average molecular weight is 398 g/mol. The van der Waals surface area contributed by atoms with Gasteiger partial charge in [0, 0.05) is 30.3 Å². The van der Waals surface area contributed by atoms with Crippen molar-refractivity contribution < 1.29 is 14.0 Å². The Kier molecular flexibility index (Phi) is 6.54. The molecule has 1 aromatic carbocycles. The molecule has 0 aliphatic heterocycles. The van der Waals surface area contributed by atoms with E-state index in [-0.39, 0.29) is 18.2 Å². The standard InChI is InChI=1S/C20H22N4O3S/c1-13(2)11-21-19(26)15-5-3-4-6-16(15)22-17(25)7-8-18-23-24-20(27-18)14-9-10-28-12-14/h3-6,9-10,12-13H,7-8,11H2,1-2H3,(H,21,26)(H,22,25). The van der Waals surface area contributed by atoms with E-state index in [2.05, 4.69) is 20.8 Å². The minimum Gasteiger partial charge on any atom is -0.421 e. The fourth-order valence-corrected chi connectivity index (χ4v) is 3.10. The van der Waals surface area contributed by atoms with Crippen LogP contribution in [0.1, 0.15) is 36.5 Å². The van der Waals surface area contributed by atoms with Crippen LogP contribution in [0.25, 0.3) is 11.5 Å². The van der Waals surface area contributed by atoms with Gasteiger partial charge in [0.1, 0.15) is 0 Å². The number of nitrogens with one attached hydrogen (secondary N) is 2. The lowest BCUT2D eigenvalue weighted by Crippen LogP contribution is -2.28. The number of rotatable bonds is 8. The van der Waals surface area contributed by atoms with E-state index in [0.29, 0.717) is 41.9 Å². The lowest BCUT2D eigenvalue weighted by atomic mass is 10.1. The molecule has 0 aliphatic carbocycles. The van der Waals surface area contributed by atoms with Crippen molar-refractivity contribution in [1.82, 2.24) is 15.5 Å². The van der Waals surface area contributed by atoms with Crippen LogP contribution < -0.4 is 10.6 Å². The summed E-state index contributed by atoms with van der Waals surface area (Å²) in [7, 11) is 0. The van der Waals surface area contributed by atoms with Crippen molar-refractivity contribution in [2.45, 2.75) is 26.7 Å². The van der Waals surface area contributed by atoms with Crippen LogP contribution in [0.5, 0.6) is 0 Å². The zero-order valence-corrected chi connectivity index (χ0v) is 16.6. The SMILES string of the molecule is CC(C)CNC(=O)c1ccccc1NC(=O)CCc1nnc(-c2ccsc2)o1. The van der Waals surface area contributed by atoms with Gasteiger partial charge in [-0.3, -0.25) is 9.59 Å². The molecular weight excluding hydrogens is 376 g/mol. The number of carbonyl (C=O) groups excluding carboxylic acids is 2. The number of thiophene rings is 1. The Hall–Kier alpha value is -3.00. The maximum absolute atomic E-state index is 12.4. The topological polar surface area (TPSA) is 97.1 Å². The molecule has 0 spiro atoms. The third-order valence-electron chi connectivity index (χ3n) is 3.92. The average Bonchev–Trinajstić information content (AvgIpc) is 3.36. The predicted molar refractivity (Wildman–Crippen MR) is 108 cm³/mol. The second kappa shape index (κ2) is 9.27. The Morgan fingerprint density at radius 3 is 2.75 bits per heavy atom. The first-order valence-electron chi connectivity index (χ1n) is 9.05. The molecule has 2 aromatic heterocycles. The molecule has 0 unspecified atom stereocenters. The number of hydrogen-bond acceptors (Lipinski definition) is 6. The van der Waals surface area contributed by atoms with Crippen LogP contribution in [0, 0.1) is 5.92 Å². The molecule has 2 amide bonds. The van der Waals surface area contributed by atoms with E-state index in [1.165, 1.54) is 0 Å². The Morgan fingerprint density at radius 2 is 2.00 bits per heavy atom. The van der Waals surface area contributed by atoms with Crippen molar-refractivity contribution in [3.8, 4) is 11.5 Å². The molecule has 28 heavy (non-hydrogen) atoms. The molecule has 0 saturated carbocycles. The summed E-state index contributed by atoms with van der Waals surface area (Å²) in [5.74, 6) is 0.767. The normalized spacial score (nSPS) is 10.8. The van der Waals surface area contributed by atoms with Gasteiger partial charge >= 0.3 is 0 Å². The summed E-state index contributed by atoms with van der Waals surface area (Å²) in [6.45, 7) is 4.62. The van der Waals surface area contributed by atoms with Crippen LogP contribution in [-0.2, 0) is 11.2 Å². The van der Waals surface area contributed by atoms with E-state index in [0.717, 1.165) is 5.56 Å². The summed E-state index contributed by atoms with van der Waals surface area (Å²) in [6.07, 6.45) is 0.498. The fraction of sp³-hybridized carbons (Fsp3) is 0.300. The van der Waals surface area contributed by atoms with Gasteiger partial charge < -0.3 is 15.1 Å². The Labute approximate surface area is 167 Å². The number of benzene rings is 1. The summed E-state index contributed by atoms with van der Waals surface area (Å²) in [6, 6.07) is 8.85. The number of hydrogen-bond donors (Lipinski definition) is 2. The molecule has 0 fully saturated rings. The minimum absolute atomic E-state index is 0.174. The number of carbonyl (C=O) groups is 2. The lowest BCUT2D eigenvalue weighted by Gasteiger charge is -2.12. The summed E-state index contributed by atoms with van der Waals surface area (Å²) in [5, 5.41) is 17.5. The summed E-state index contributed by atoms with van der Waals surface area (Å²) >= 11 is 1.55. The van der Waals surface area contributed by atoms with Gasteiger partial charge in [-0.1, -0.05) is 26.0 Å². The van der Waals surface area contributed by atoms with Crippen molar-refractivity contribution in [3.63, 3.8) is 0 Å². The Balaban J connectivity index is 1.57. The van der Waals surface area contributed by atoms with Crippen LogP contribution in [0.2, 0.25) is 0 Å². The molecule has 3 aromatic rings. The van der Waals surface area contributed by atoms with E-state index in [9.17, 15) is 9.59 Å². The monoisotopic (exact) mass is 398 g/mol. The van der Waals surface area contributed by atoms with Crippen molar-refractivity contribution in [2.24, 2.45) is 5.92 Å². The predicted octanol–water partition coefficient (Wildman–Crippen LogP) is 3.76. The van der Waals surface area contributed by atoms with E-state index in [1.54, 1.807) is 35.6 Å². The van der Waals surface area contributed by atoms with Crippen LogP contribution >= 0.6 is 11.3 Å². The van der Waals surface area contributed by atoms with Gasteiger partial charge in [-0.25, -0.2) is 0 Å². The minimum atomic E-state index is -0.223. The molecule has 146 valence electrons. The molecule has 0 atom stereocenters. The first-order valence-corrected chi connectivity index (χ1v) is 9.99. The molecule has 0 aliphatic rings. The van der Waals surface area contributed by atoms with Gasteiger partial charge in [0.2, 0.25) is 17.7 Å². The molecule has 0 bridgehead atoms. The molecule has 3 rings (SSSR count). The third-order valence-corrected chi connectivity index (χ3v) is 4.60. The summed E-state index contributed by atoms with van der Waals surface area (Å²) in [5.41, 5.74) is 1.79. The lowest BCUT2D eigenvalue weighted by molar-refractivity contribution is -0.116. The summed E-state index contributed by atoms with van der Waals surface area (Å²) < 4.78 is 5.59. The van der Waals surface area contributed by atoms with Gasteiger partial charge in [-0.2, -0.15) is 11.3 Å². The number of para-hydroxylation sites is 1. The second-order valence-electron chi connectivity index (χ2n) is 6.71. The number of anilines is 1. The molecule has 2 heterocycles. The smallest absolute Gasteiger partial charge is 0.253 e. The van der Waals surface area contributed by atoms with E-state index >= 15 is 0 Å². The van der Waals surface area contributed by atoms with Crippen molar-refractivity contribution in [3.05, 3.63) is 52.5 Å². The van der Waals surface area contributed by atoms with Gasteiger partial charge in [-0.15, -0.1) is 10.2 Å². The Bertz CT molecular complexity index is 935. The van der Waals surface area contributed by atoms with E-state index in [1.807, 2.05) is 30.7 Å². The third kappa shape index (κ3) is 5.26. The molecule has 0 saturated heterocycles. The first-order chi connectivity index (χ1) is 13.5. The van der Waals surface area contributed by atoms with Crippen molar-refractivity contribution in [1.29, 1.82) is 0 Å². The summed E-state index contributed by atoms with van der Waals surface area (Å²) in [4.78, 5) is 24.7. The molecule has 8 heteroatoms. The highest BCUT2D eigenvalue weighted by molar-refractivity contribution is 7.08. The highest BCUT2D eigenvalue weighted by atomic mass is 32.1. The highest BCUT2D eigenvalue weighted by Gasteiger charge is 2.15. The molecular formula is C20H22N4O3S. The first kappa shape index (κ1) is 19.8. The maximum Gasteiger partial charge on any atom is 0.253 e.